The lowest BCUT2D eigenvalue weighted by molar-refractivity contribution is -0.139. The molecule has 1 aromatic rings. The zero-order valence-electron chi connectivity index (χ0n) is 16.7. The fraction of sp³-hybridized carbons (Fsp3) is 0.619. The number of unbranched alkanes of at least 4 members (excludes halogenated alkanes) is 2. The van der Waals surface area contributed by atoms with E-state index in [0.29, 0.717) is 6.42 Å². The van der Waals surface area contributed by atoms with Crippen LogP contribution in [-0.2, 0) is 9.59 Å². The minimum atomic E-state index is -0.320. The van der Waals surface area contributed by atoms with Crippen molar-refractivity contribution in [2.75, 3.05) is 36.4 Å². The van der Waals surface area contributed by atoms with Gasteiger partial charge in [0.2, 0.25) is 11.8 Å². The van der Waals surface area contributed by atoms with Crippen LogP contribution in [0.1, 0.15) is 53.4 Å². The first-order chi connectivity index (χ1) is 12.3. The molecule has 0 aliphatic carbocycles. The van der Waals surface area contributed by atoms with Crippen molar-refractivity contribution < 1.29 is 9.59 Å². The smallest absolute Gasteiger partial charge is 0.228 e. The summed E-state index contributed by atoms with van der Waals surface area (Å²) >= 11 is 0. The van der Waals surface area contributed by atoms with E-state index in [1.54, 1.807) is 0 Å². The molecule has 5 heteroatoms. The summed E-state index contributed by atoms with van der Waals surface area (Å²) in [5, 5.41) is 2.96. The molecule has 1 aliphatic heterocycles. The quantitative estimate of drug-likeness (QED) is 0.784. The Morgan fingerprint density at radius 2 is 1.62 bits per heavy atom. The van der Waals surface area contributed by atoms with Crippen LogP contribution in [0.25, 0.3) is 0 Å². The Balaban J connectivity index is 1.84. The van der Waals surface area contributed by atoms with Gasteiger partial charge in [-0.15, -0.1) is 0 Å². The topological polar surface area (TPSA) is 52.7 Å². The van der Waals surface area contributed by atoms with E-state index in [0.717, 1.165) is 56.8 Å². The zero-order chi connectivity index (χ0) is 19.2. The highest BCUT2D eigenvalue weighted by Gasteiger charge is 2.29. The molecule has 1 N–H and O–H groups in total. The fourth-order valence-corrected chi connectivity index (χ4v) is 3.16. The van der Waals surface area contributed by atoms with E-state index in [2.05, 4.69) is 17.1 Å². The Morgan fingerprint density at radius 3 is 2.15 bits per heavy atom. The van der Waals surface area contributed by atoms with Crippen molar-refractivity contribution in [2.45, 2.75) is 53.4 Å². The average Bonchev–Trinajstić information content (AvgIpc) is 2.61. The van der Waals surface area contributed by atoms with E-state index >= 15 is 0 Å². The van der Waals surface area contributed by atoms with Crippen LogP contribution in [0, 0.1) is 5.41 Å². The molecule has 26 heavy (non-hydrogen) atoms. The second-order valence-electron chi connectivity index (χ2n) is 8.08. The predicted molar refractivity (Wildman–Crippen MR) is 107 cm³/mol. The van der Waals surface area contributed by atoms with Gasteiger partial charge in [0.05, 0.1) is 0 Å². The molecular formula is C21H33N3O2. The van der Waals surface area contributed by atoms with Crippen LogP contribution in [0.4, 0.5) is 11.4 Å². The third-order valence-corrected chi connectivity index (χ3v) is 4.73. The average molecular weight is 360 g/mol. The minimum Gasteiger partial charge on any atom is -0.368 e. The van der Waals surface area contributed by atoms with Gasteiger partial charge in [0.25, 0.3) is 0 Å². The van der Waals surface area contributed by atoms with E-state index in [4.69, 9.17) is 0 Å². The molecule has 0 unspecified atom stereocenters. The number of hydrogen-bond donors (Lipinski definition) is 1. The number of hydrogen-bond acceptors (Lipinski definition) is 3. The Morgan fingerprint density at radius 1 is 1.00 bits per heavy atom. The van der Waals surface area contributed by atoms with Crippen LogP contribution < -0.4 is 10.2 Å². The predicted octanol–water partition coefficient (Wildman–Crippen LogP) is 3.90. The number of nitrogens with zero attached hydrogens (tertiary/aromatic N) is 2. The van der Waals surface area contributed by atoms with Crippen molar-refractivity contribution in [1.82, 2.24) is 4.90 Å². The number of carbonyl (C=O) groups excluding carboxylic acids is 2. The number of anilines is 2. The van der Waals surface area contributed by atoms with Crippen LogP contribution in [0.2, 0.25) is 0 Å². The number of benzene rings is 1. The second-order valence-corrected chi connectivity index (χ2v) is 8.08. The summed E-state index contributed by atoms with van der Waals surface area (Å²) in [5.74, 6) is 0.304. The molecule has 0 aromatic heterocycles. The number of rotatable bonds is 6. The number of carbonyl (C=O) groups is 2. The van der Waals surface area contributed by atoms with Gasteiger partial charge in [0.1, 0.15) is 0 Å². The highest BCUT2D eigenvalue weighted by atomic mass is 16.2. The normalized spacial score (nSPS) is 15.1. The van der Waals surface area contributed by atoms with Crippen LogP contribution in [0.5, 0.6) is 0 Å². The largest absolute Gasteiger partial charge is 0.368 e. The van der Waals surface area contributed by atoms with Crippen LogP contribution in [-0.4, -0.2) is 42.9 Å². The highest BCUT2D eigenvalue weighted by molar-refractivity contribution is 5.90. The summed E-state index contributed by atoms with van der Waals surface area (Å²) < 4.78 is 0. The molecule has 1 heterocycles. The molecule has 0 saturated carbocycles. The SMILES string of the molecule is CCCCCC(=O)Nc1ccc(N2CCN(C(=O)C(C)(C)C)CC2)cc1. The van der Waals surface area contributed by atoms with Crippen molar-refractivity contribution >= 4 is 23.2 Å². The first-order valence-electron chi connectivity index (χ1n) is 9.75. The van der Waals surface area contributed by atoms with Crippen LogP contribution in [0.3, 0.4) is 0 Å². The summed E-state index contributed by atoms with van der Waals surface area (Å²) in [7, 11) is 0. The molecule has 1 fully saturated rings. The van der Waals surface area contributed by atoms with Crippen molar-refractivity contribution in [3.05, 3.63) is 24.3 Å². The first-order valence-corrected chi connectivity index (χ1v) is 9.75. The minimum absolute atomic E-state index is 0.0838. The van der Waals surface area contributed by atoms with Gasteiger partial charge in [-0.3, -0.25) is 9.59 Å². The molecule has 1 saturated heterocycles. The van der Waals surface area contributed by atoms with E-state index in [1.165, 1.54) is 0 Å². The third-order valence-electron chi connectivity index (χ3n) is 4.73. The number of nitrogens with one attached hydrogen (secondary N) is 1. The number of amides is 2. The standard InChI is InChI=1S/C21H33N3O2/c1-5-6-7-8-19(25)22-17-9-11-18(12-10-17)23-13-15-24(16-14-23)20(26)21(2,3)4/h9-12H,5-8,13-16H2,1-4H3,(H,22,25). The molecule has 0 bridgehead atoms. The van der Waals surface area contributed by atoms with Gasteiger partial charge < -0.3 is 15.1 Å². The van der Waals surface area contributed by atoms with Gasteiger partial charge in [-0.1, -0.05) is 40.5 Å². The van der Waals surface area contributed by atoms with E-state index in [-0.39, 0.29) is 17.2 Å². The Hall–Kier alpha value is -2.04. The summed E-state index contributed by atoms with van der Waals surface area (Å²) in [6.07, 6.45) is 3.74. The van der Waals surface area contributed by atoms with E-state index in [1.807, 2.05) is 49.9 Å². The molecule has 0 radical (unpaired) electrons. The van der Waals surface area contributed by atoms with Crippen molar-refractivity contribution in [3.63, 3.8) is 0 Å². The summed E-state index contributed by atoms with van der Waals surface area (Å²) in [6.45, 7) is 11.2. The summed E-state index contributed by atoms with van der Waals surface area (Å²) in [4.78, 5) is 28.5. The lowest BCUT2D eigenvalue weighted by Gasteiger charge is -2.38. The van der Waals surface area contributed by atoms with E-state index in [9.17, 15) is 9.59 Å². The van der Waals surface area contributed by atoms with Crippen LogP contribution >= 0.6 is 0 Å². The molecular weight excluding hydrogens is 326 g/mol. The van der Waals surface area contributed by atoms with E-state index < -0.39 is 0 Å². The van der Waals surface area contributed by atoms with Gasteiger partial charge in [-0.25, -0.2) is 0 Å². The maximum absolute atomic E-state index is 12.4. The summed E-state index contributed by atoms with van der Waals surface area (Å²) in [5.41, 5.74) is 1.66. The van der Waals surface area contributed by atoms with Gasteiger partial charge in [-0.2, -0.15) is 0 Å². The lowest BCUT2D eigenvalue weighted by atomic mass is 9.94. The Kier molecular flexibility index (Phi) is 7.06. The monoisotopic (exact) mass is 359 g/mol. The molecule has 0 atom stereocenters. The zero-order valence-corrected chi connectivity index (χ0v) is 16.7. The number of piperazine rings is 1. The molecule has 144 valence electrons. The fourth-order valence-electron chi connectivity index (χ4n) is 3.16. The van der Waals surface area contributed by atoms with Gasteiger partial charge >= 0.3 is 0 Å². The molecule has 2 rings (SSSR count). The Labute approximate surface area is 157 Å². The molecule has 1 aromatic carbocycles. The highest BCUT2D eigenvalue weighted by Crippen LogP contribution is 2.22. The van der Waals surface area contributed by atoms with Gasteiger partial charge in [0.15, 0.2) is 0 Å². The second kappa shape index (κ2) is 9.06. The van der Waals surface area contributed by atoms with Crippen molar-refractivity contribution in [3.8, 4) is 0 Å². The first kappa shape index (κ1) is 20.3. The molecule has 2 amide bonds. The summed E-state index contributed by atoms with van der Waals surface area (Å²) in [6, 6.07) is 8.01. The lowest BCUT2D eigenvalue weighted by Crippen LogP contribution is -2.51. The van der Waals surface area contributed by atoms with Crippen molar-refractivity contribution in [1.29, 1.82) is 0 Å². The molecule has 1 aliphatic rings. The molecule has 5 nitrogen and oxygen atoms in total. The maximum atomic E-state index is 12.4. The van der Waals surface area contributed by atoms with Gasteiger partial charge in [-0.05, 0) is 30.7 Å². The van der Waals surface area contributed by atoms with Gasteiger partial charge in [0, 0.05) is 49.4 Å². The third kappa shape index (κ3) is 5.75. The molecule has 0 spiro atoms. The van der Waals surface area contributed by atoms with Crippen molar-refractivity contribution in [2.24, 2.45) is 5.41 Å². The Bertz CT molecular complexity index is 597. The maximum Gasteiger partial charge on any atom is 0.228 e. The van der Waals surface area contributed by atoms with Crippen LogP contribution in [0.15, 0.2) is 24.3 Å².